The Hall–Kier alpha value is -3.18. The number of carboxylic acids is 1. The minimum Gasteiger partial charge on any atom is -0.480 e. The number of hydrogen-bond donors (Lipinski definition) is 3. The normalized spacial score (nSPS) is 23.7. The van der Waals surface area contributed by atoms with Crippen molar-refractivity contribution in [1.29, 1.82) is 0 Å². The quantitative estimate of drug-likeness (QED) is 0.209. The van der Waals surface area contributed by atoms with Gasteiger partial charge in [0.1, 0.15) is 17.1 Å². The number of rotatable bonds is 9. The van der Waals surface area contributed by atoms with Gasteiger partial charge in [-0.25, -0.2) is 4.39 Å². The molecule has 3 aliphatic rings. The monoisotopic (exact) mass is 568 g/mol. The fourth-order valence-corrected chi connectivity index (χ4v) is 6.28. The maximum atomic E-state index is 14.5. The van der Waals surface area contributed by atoms with Crippen LogP contribution >= 0.6 is 11.6 Å². The number of hydrogen-bond acceptors (Lipinski definition) is 6. The van der Waals surface area contributed by atoms with Crippen molar-refractivity contribution in [2.45, 2.75) is 68.4 Å². The van der Waals surface area contributed by atoms with Gasteiger partial charge >= 0.3 is 12.3 Å². The van der Waals surface area contributed by atoms with E-state index in [4.69, 9.17) is 11.6 Å². The van der Waals surface area contributed by atoms with Gasteiger partial charge in [-0.2, -0.15) is 0 Å². The first kappa shape index (κ1) is 27.4. The zero-order valence-electron chi connectivity index (χ0n) is 20.5. The van der Waals surface area contributed by atoms with Gasteiger partial charge < -0.3 is 15.2 Å². The highest BCUT2D eigenvalue weighted by Gasteiger charge is 2.57. The predicted molar refractivity (Wildman–Crippen MR) is 133 cm³/mol. The second-order valence-corrected chi connectivity index (χ2v) is 10.8. The van der Waals surface area contributed by atoms with E-state index in [1.54, 1.807) is 6.07 Å². The number of aliphatic carboxylic acids is 1. The number of carbonyl (C=O) groups is 3. The van der Waals surface area contributed by atoms with Crippen molar-refractivity contribution in [2.24, 2.45) is 5.92 Å². The van der Waals surface area contributed by atoms with E-state index in [2.05, 4.69) is 15.4 Å². The lowest BCUT2D eigenvalue weighted by atomic mass is 9.65. The van der Waals surface area contributed by atoms with Crippen LogP contribution in [0.25, 0.3) is 0 Å². The number of halogens is 5. The van der Waals surface area contributed by atoms with Crippen molar-refractivity contribution in [2.75, 3.05) is 5.32 Å². The lowest BCUT2D eigenvalue weighted by Crippen LogP contribution is -2.62. The highest BCUT2D eigenvalue weighted by atomic mass is 35.5. The molecular formula is C27H25ClF4N2O5. The van der Waals surface area contributed by atoms with Gasteiger partial charge in [0.2, 0.25) is 11.6 Å². The summed E-state index contributed by atoms with van der Waals surface area (Å²) in [5.41, 5.74) is -1.31. The first-order valence-corrected chi connectivity index (χ1v) is 13.0. The van der Waals surface area contributed by atoms with E-state index in [9.17, 15) is 37.1 Å². The number of carboxylic acid groups (broad SMARTS) is 1. The second-order valence-electron chi connectivity index (χ2n) is 10.4. The van der Waals surface area contributed by atoms with E-state index in [1.165, 1.54) is 12.1 Å². The van der Waals surface area contributed by atoms with Crippen LogP contribution in [0, 0.1) is 11.7 Å². The van der Waals surface area contributed by atoms with E-state index in [0.717, 1.165) is 31.0 Å². The van der Waals surface area contributed by atoms with Crippen molar-refractivity contribution in [3.8, 4) is 5.75 Å². The lowest BCUT2D eigenvalue weighted by Gasteiger charge is -2.46. The zero-order valence-corrected chi connectivity index (χ0v) is 21.2. The van der Waals surface area contributed by atoms with E-state index < -0.39 is 58.4 Å². The Labute approximate surface area is 225 Å². The van der Waals surface area contributed by atoms with Crippen molar-refractivity contribution in [3.05, 3.63) is 58.4 Å². The number of Topliss-reactive ketones (excluding diaryl/α,β-unsaturated/α-hetero) is 2. The fraction of sp³-hybridized carbons (Fsp3) is 0.444. The molecule has 0 spiro atoms. The van der Waals surface area contributed by atoms with Crippen LogP contribution < -0.4 is 15.4 Å². The molecule has 7 nitrogen and oxygen atoms in total. The third-order valence-corrected chi connectivity index (χ3v) is 8.06. The van der Waals surface area contributed by atoms with Gasteiger partial charge in [-0.3, -0.25) is 19.7 Å². The van der Waals surface area contributed by atoms with Crippen LogP contribution in [0.15, 0.2) is 36.4 Å². The fourth-order valence-electron chi connectivity index (χ4n) is 6.02. The second kappa shape index (κ2) is 10.1. The van der Waals surface area contributed by atoms with Crippen LogP contribution in [0.4, 0.5) is 23.2 Å². The number of benzene rings is 2. The summed E-state index contributed by atoms with van der Waals surface area (Å²) in [6.07, 6.45) is -2.15. The number of fused-ring (bicyclic) bond motifs is 2. The summed E-state index contributed by atoms with van der Waals surface area (Å²) >= 11 is 6.03. The van der Waals surface area contributed by atoms with Gasteiger partial charge in [0.15, 0.2) is 0 Å². The minimum absolute atomic E-state index is 0.0888. The number of ketones is 2. The molecule has 0 amide bonds. The highest BCUT2D eigenvalue weighted by Crippen LogP contribution is 2.52. The van der Waals surface area contributed by atoms with Gasteiger partial charge in [0, 0.05) is 35.7 Å². The summed E-state index contributed by atoms with van der Waals surface area (Å²) in [6, 6.07) is 6.36. The molecule has 2 fully saturated rings. The van der Waals surface area contributed by atoms with E-state index in [-0.39, 0.29) is 23.6 Å². The molecule has 5 rings (SSSR count). The van der Waals surface area contributed by atoms with Gasteiger partial charge in [-0.05, 0) is 73.6 Å². The Balaban J connectivity index is 1.52. The number of ether oxygens (including phenoxy) is 1. The molecule has 1 heterocycles. The Bertz CT molecular complexity index is 1330. The number of alkyl halides is 3. The molecule has 2 saturated carbocycles. The van der Waals surface area contributed by atoms with Crippen LogP contribution in [-0.4, -0.2) is 46.6 Å². The smallest absolute Gasteiger partial charge is 0.480 e. The third kappa shape index (κ3) is 5.47. The molecule has 2 aliphatic carbocycles. The first-order chi connectivity index (χ1) is 18.4. The zero-order chi connectivity index (χ0) is 28.1. The third-order valence-electron chi connectivity index (χ3n) is 7.75. The molecule has 39 heavy (non-hydrogen) atoms. The van der Waals surface area contributed by atoms with Crippen molar-refractivity contribution in [3.63, 3.8) is 0 Å². The maximum Gasteiger partial charge on any atom is 0.573 e. The number of carbonyl (C=O) groups excluding carboxylic acids is 2. The van der Waals surface area contributed by atoms with E-state index in [1.807, 2.05) is 0 Å². The average molecular weight is 569 g/mol. The molecule has 0 saturated heterocycles. The lowest BCUT2D eigenvalue weighted by molar-refractivity contribution is -0.274. The van der Waals surface area contributed by atoms with Crippen molar-refractivity contribution in [1.82, 2.24) is 5.32 Å². The van der Waals surface area contributed by atoms with Crippen molar-refractivity contribution >= 4 is 34.8 Å². The summed E-state index contributed by atoms with van der Waals surface area (Å²) in [6.45, 7) is 0. The van der Waals surface area contributed by atoms with Crippen LogP contribution in [0.2, 0.25) is 5.02 Å². The standard InChI is InChI=1S/C27H25ClF4N2O5/c28-19-11-15(39-27(30,31)32)7-8-16(19)24(36)22(35)12-26(25(37)38,34-14-5-6-14)23-17-2-1-3-20(17)33-21-9-4-13(29)10-18(21)23/h4,7-11,14,17,20,23,33-34H,1-3,5-6,12H2,(H,37,38)/t17-,20+,23?,26?/m0/s1. The molecule has 2 aromatic rings. The first-order valence-electron chi connectivity index (χ1n) is 12.6. The number of nitrogens with one attached hydrogen (secondary N) is 2. The summed E-state index contributed by atoms with van der Waals surface area (Å²) in [5.74, 6) is -5.87. The summed E-state index contributed by atoms with van der Waals surface area (Å²) < 4.78 is 55.9. The maximum absolute atomic E-state index is 14.5. The molecule has 0 aromatic heterocycles. The molecule has 0 radical (unpaired) electrons. The molecular weight excluding hydrogens is 544 g/mol. The SMILES string of the molecule is O=C(CC(NC1CC1)(C(=O)O)C1c2cc(F)ccc2N[C@@H]2CCC[C@H]12)C(=O)c1ccc(OC(F)(F)F)cc1Cl. The van der Waals surface area contributed by atoms with E-state index in [0.29, 0.717) is 30.5 Å². The number of anilines is 1. The van der Waals surface area contributed by atoms with Crippen LogP contribution in [-0.2, 0) is 9.59 Å². The largest absolute Gasteiger partial charge is 0.573 e. The van der Waals surface area contributed by atoms with Gasteiger partial charge in [0.05, 0.1) is 5.02 Å². The molecule has 208 valence electrons. The topological polar surface area (TPSA) is 105 Å². The van der Waals surface area contributed by atoms with Crippen LogP contribution in [0.1, 0.15) is 60.4 Å². The van der Waals surface area contributed by atoms with Crippen molar-refractivity contribution < 1.29 is 41.8 Å². The van der Waals surface area contributed by atoms with Crippen LogP contribution in [0.5, 0.6) is 5.75 Å². The van der Waals surface area contributed by atoms with E-state index >= 15 is 0 Å². The minimum atomic E-state index is -4.98. The molecule has 2 aromatic carbocycles. The Morgan fingerprint density at radius 2 is 1.82 bits per heavy atom. The Morgan fingerprint density at radius 1 is 1.08 bits per heavy atom. The Morgan fingerprint density at radius 3 is 2.46 bits per heavy atom. The molecule has 3 N–H and O–H groups in total. The molecule has 1 aliphatic heterocycles. The molecule has 4 atom stereocenters. The van der Waals surface area contributed by atoms with Gasteiger partial charge in [0.25, 0.3) is 0 Å². The van der Waals surface area contributed by atoms with Gasteiger partial charge in [-0.15, -0.1) is 13.2 Å². The predicted octanol–water partition coefficient (Wildman–Crippen LogP) is 5.47. The molecule has 12 heteroatoms. The Kier molecular flexibility index (Phi) is 7.09. The van der Waals surface area contributed by atoms with Gasteiger partial charge in [-0.1, -0.05) is 18.0 Å². The summed E-state index contributed by atoms with van der Waals surface area (Å²) in [5, 5.41) is 16.7. The molecule has 2 unspecified atom stereocenters. The highest BCUT2D eigenvalue weighted by molar-refractivity contribution is 6.48. The molecule has 0 bridgehead atoms. The van der Waals surface area contributed by atoms with Crippen LogP contribution in [0.3, 0.4) is 0 Å². The summed E-state index contributed by atoms with van der Waals surface area (Å²) in [4.78, 5) is 39.7. The average Bonchev–Trinajstić information content (AvgIpc) is 3.54. The summed E-state index contributed by atoms with van der Waals surface area (Å²) in [7, 11) is 0.